The van der Waals surface area contributed by atoms with Crippen molar-refractivity contribution in [2.45, 2.75) is 44.8 Å². The quantitative estimate of drug-likeness (QED) is 0.433. The van der Waals surface area contributed by atoms with Crippen molar-refractivity contribution < 1.29 is 38.5 Å². The first-order valence-electron chi connectivity index (χ1n) is 13.8. The van der Waals surface area contributed by atoms with E-state index in [-0.39, 0.29) is 69.1 Å². The van der Waals surface area contributed by atoms with Crippen molar-refractivity contribution in [3.63, 3.8) is 0 Å². The number of carbonyl (C=O) groups excluding carboxylic acids is 3. The van der Waals surface area contributed by atoms with Crippen LogP contribution >= 0.6 is 0 Å². The van der Waals surface area contributed by atoms with Crippen molar-refractivity contribution in [1.29, 1.82) is 0 Å². The molecule has 3 amide bonds. The van der Waals surface area contributed by atoms with Crippen LogP contribution in [-0.2, 0) is 19.1 Å². The average Bonchev–Trinajstić information content (AvgIpc) is 2.99. The fourth-order valence-corrected chi connectivity index (χ4v) is 4.58. The average molecular weight is 570 g/mol. The number of hydrogen-bond donors (Lipinski definition) is 2. The van der Waals surface area contributed by atoms with Crippen molar-refractivity contribution >= 4 is 23.9 Å². The maximum atomic E-state index is 13.5. The number of carbonyl (C=O) groups is 4. The Kier molecular flexibility index (Phi) is 10.4. The first-order valence-corrected chi connectivity index (χ1v) is 13.8. The van der Waals surface area contributed by atoms with Gasteiger partial charge in [-0.15, -0.1) is 0 Å². The van der Waals surface area contributed by atoms with E-state index in [0.717, 1.165) is 0 Å². The van der Waals surface area contributed by atoms with Crippen molar-refractivity contribution in [2.75, 3.05) is 46.0 Å². The van der Waals surface area contributed by atoms with Gasteiger partial charge in [-0.25, -0.2) is 9.78 Å². The van der Waals surface area contributed by atoms with E-state index in [0.29, 0.717) is 31.6 Å². The Morgan fingerprint density at radius 1 is 1.05 bits per heavy atom. The van der Waals surface area contributed by atoms with Crippen molar-refractivity contribution in [1.82, 2.24) is 25.1 Å². The second-order valence-electron chi connectivity index (χ2n) is 9.68. The van der Waals surface area contributed by atoms with E-state index in [1.807, 2.05) is 30.3 Å². The summed E-state index contributed by atoms with van der Waals surface area (Å²) >= 11 is 0. The van der Waals surface area contributed by atoms with Gasteiger partial charge in [0.15, 0.2) is 5.82 Å². The van der Waals surface area contributed by atoms with Gasteiger partial charge < -0.3 is 34.4 Å². The molecule has 0 bridgehead atoms. The van der Waals surface area contributed by atoms with Crippen LogP contribution in [0.4, 0.5) is 4.79 Å². The summed E-state index contributed by atoms with van der Waals surface area (Å²) in [5.74, 6) is -1.68. The first-order chi connectivity index (χ1) is 19.8. The number of carboxylic acid groups (broad SMARTS) is 1. The highest BCUT2D eigenvalue weighted by Crippen LogP contribution is 2.22. The lowest BCUT2D eigenvalue weighted by Crippen LogP contribution is -2.56. The van der Waals surface area contributed by atoms with Crippen molar-refractivity contribution in [3.05, 3.63) is 42.1 Å². The highest BCUT2D eigenvalue weighted by molar-refractivity contribution is 5.96. The lowest BCUT2D eigenvalue weighted by Gasteiger charge is -2.35. The third-order valence-corrected chi connectivity index (χ3v) is 6.79. The van der Waals surface area contributed by atoms with E-state index in [1.165, 1.54) is 15.9 Å². The zero-order chi connectivity index (χ0) is 29.2. The molecule has 2 fully saturated rings. The number of benzene rings is 1. The minimum absolute atomic E-state index is 0.0128. The minimum Gasteiger partial charge on any atom is -0.481 e. The van der Waals surface area contributed by atoms with Gasteiger partial charge in [-0.2, -0.15) is 4.98 Å². The lowest BCUT2D eigenvalue weighted by atomic mass is 10.1. The fraction of sp³-hybridized carbons (Fsp3) is 0.500. The Morgan fingerprint density at radius 2 is 1.73 bits per heavy atom. The van der Waals surface area contributed by atoms with E-state index in [1.54, 1.807) is 6.92 Å². The predicted molar refractivity (Wildman–Crippen MR) is 145 cm³/mol. The predicted octanol–water partition coefficient (Wildman–Crippen LogP) is 1.97. The number of aliphatic carboxylic acids is 1. The topological polar surface area (TPSA) is 160 Å². The molecule has 0 aliphatic carbocycles. The van der Waals surface area contributed by atoms with E-state index < -0.39 is 29.9 Å². The molecule has 13 heteroatoms. The maximum Gasteiger partial charge on any atom is 0.409 e. The monoisotopic (exact) mass is 569 g/mol. The van der Waals surface area contributed by atoms with Gasteiger partial charge in [-0.3, -0.25) is 14.4 Å². The summed E-state index contributed by atoms with van der Waals surface area (Å²) in [5.41, 5.74) is 0.665. The second-order valence-corrected chi connectivity index (χ2v) is 9.68. The zero-order valence-corrected chi connectivity index (χ0v) is 23.0. The molecule has 2 aliphatic rings. The molecular weight excluding hydrogens is 534 g/mol. The van der Waals surface area contributed by atoms with Crippen LogP contribution in [0.25, 0.3) is 11.4 Å². The lowest BCUT2D eigenvalue weighted by molar-refractivity contribution is -0.138. The van der Waals surface area contributed by atoms with Gasteiger partial charge in [0.1, 0.15) is 17.8 Å². The van der Waals surface area contributed by atoms with Gasteiger partial charge in [-0.1, -0.05) is 30.3 Å². The molecule has 0 saturated carbocycles. The number of hydrogen-bond acceptors (Lipinski definition) is 9. The fourth-order valence-electron chi connectivity index (χ4n) is 4.58. The molecule has 1 aromatic carbocycles. The second kappa shape index (κ2) is 14.4. The third kappa shape index (κ3) is 8.37. The molecule has 2 saturated heterocycles. The number of nitrogens with one attached hydrogen (secondary N) is 1. The van der Waals surface area contributed by atoms with Gasteiger partial charge in [0.25, 0.3) is 5.91 Å². The normalized spacial score (nSPS) is 16.5. The Morgan fingerprint density at radius 3 is 2.39 bits per heavy atom. The Balaban J connectivity index is 1.52. The molecule has 220 valence electrons. The van der Waals surface area contributed by atoms with Crippen molar-refractivity contribution in [3.8, 4) is 17.3 Å². The highest BCUT2D eigenvalue weighted by Gasteiger charge is 2.31. The molecule has 2 aliphatic heterocycles. The first kappa shape index (κ1) is 29.7. The van der Waals surface area contributed by atoms with Crippen LogP contribution in [0.2, 0.25) is 0 Å². The molecule has 0 radical (unpaired) electrons. The Bertz CT molecular complexity index is 1210. The van der Waals surface area contributed by atoms with Crippen LogP contribution in [-0.4, -0.2) is 107 Å². The zero-order valence-electron chi connectivity index (χ0n) is 23.0. The van der Waals surface area contributed by atoms with Crippen LogP contribution in [0.3, 0.4) is 0 Å². The molecule has 3 heterocycles. The van der Waals surface area contributed by atoms with Crippen LogP contribution in [0.5, 0.6) is 5.88 Å². The van der Waals surface area contributed by atoms with Gasteiger partial charge in [0.2, 0.25) is 11.8 Å². The SMILES string of the molecule is CCOC(=O)N1CCN(C(=O)[C@H](CCC(=O)O)NC(=O)c2cc(OC3CCOCC3)nc(-c3ccccc3)n2)CC1. The molecule has 1 atom stereocenters. The third-order valence-electron chi connectivity index (χ3n) is 6.79. The number of nitrogens with zero attached hydrogens (tertiary/aromatic N) is 4. The Labute approximate surface area is 237 Å². The molecule has 2 aromatic rings. The standard InChI is InChI=1S/C28H35N5O8/c1-2-40-28(38)33-14-12-32(13-15-33)27(37)21(8-9-24(34)35)30-26(36)22-18-23(41-20-10-16-39-17-11-20)31-25(29-22)19-6-4-3-5-7-19/h3-7,18,20-21H,2,8-17H2,1H3,(H,30,36)(H,34,35)/t21-/m0/s1. The van der Waals surface area contributed by atoms with Crippen LogP contribution < -0.4 is 10.1 Å². The molecule has 0 unspecified atom stereocenters. The maximum absolute atomic E-state index is 13.5. The number of rotatable bonds is 10. The summed E-state index contributed by atoms with van der Waals surface area (Å²) < 4.78 is 16.5. The molecule has 0 spiro atoms. The van der Waals surface area contributed by atoms with Gasteiger partial charge in [0.05, 0.1) is 19.8 Å². The van der Waals surface area contributed by atoms with E-state index >= 15 is 0 Å². The number of amides is 3. The molecule has 4 rings (SSSR count). The number of ether oxygens (including phenoxy) is 3. The largest absolute Gasteiger partial charge is 0.481 e. The molecular formula is C28H35N5O8. The molecule has 2 N–H and O–H groups in total. The number of carboxylic acids is 1. The molecule has 13 nitrogen and oxygen atoms in total. The summed E-state index contributed by atoms with van der Waals surface area (Å²) in [4.78, 5) is 62.2. The van der Waals surface area contributed by atoms with Gasteiger partial charge in [0, 0.05) is 57.1 Å². The summed E-state index contributed by atoms with van der Waals surface area (Å²) in [7, 11) is 0. The number of aromatic nitrogens is 2. The van der Waals surface area contributed by atoms with E-state index in [2.05, 4.69) is 15.3 Å². The summed E-state index contributed by atoms with van der Waals surface area (Å²) in [6, 6.07) is 9.44. The van der Waals surface area contributed by atoms with Crippen LogP contribution in [0, 0.1) is 0 Å². The van der Waals surface area contributed by atoms with Gasteiger partial charge >= 0.3 is 12.1 Å². The minimum atomic E-state index is -1.11. The summed E-state index contributed by atoms with van der Waals surface area (Å²) in [6.45, 7) is 4.09. The Hall–Kier alpha value is -4.26. The smallest absolute Gasteiger partial charge is 0.409 e. The van der Waals surface area contributed by atoms with Crippen LogP contribution in [0.1, 0.15) is 43.1 Å². The van der Waals surface area contributed by atoms with Crippen LogP contribution in [0.15, 0.2) is 36.4 Å². The van der Waals surface area contributed by atoms with Gasteiger partial charge in [-0.05, 0) is 13.3 Å². The molecule has 41 heavy (non-hydrogen) atoms. The summed E-state index contributed by atoms with van der Waals surface area (Å²) in [5, 5.41) is 11.9. The van der Waals surface area contributed by atoms with E-state index in [4.69, 9.17) is 14.2 Å². The van der Waals surface area contributed by atoms with E-state index in [9.17, 15) is 24.3 Å². The number of piperazine rings is 1. The molecule has 1 aromatic heterocycles. The summed E-state index contributed by atoms with van der Waals surface area (Å²) in [6.07, 6.45) is 0.350. The van der Waals surface area contributed by atoms with Crippen molar-refractivity contribution in [2.24, 2.45) is 0 Å². The highest BCUT2D eigenvalue weighted by atomic mass is 16.6.